The second kappa shape index (κ2) is 8.54. The lowest BCUT2D eigenvalue weighted by Gasteiger charge is -2.13. The van der Waals surface area contributed by atoms with Crippen molar-refractivity contribution in [2.45, 2.75) is 19.4 Å². The number of halogens is 1. The number of hydrogen-bond acceptors (Lipinski definition) is 4. The summed E-state index contributed by atoms with van der Waals surface area (Å²) in [6, 6.07) is 0.948. The van der Waals surface area contributed by atoms with Gasteiger partial charge in [0.05, 0.1) is 11.8 Å². The highest BCUT2D eigenvalue weighted by atomic mass is 35.5. The second-order valence-electron chi connectivity index (χ2n) is 3.64. The lowest BCUT2D eigenvalue weighted by molar-refractivity contribution is -0.122. The van der Waals surface area contributed by atoms with E-state index in [1.807, 2.05) is 0 Å². The van der Waals surface area contributed by atoms with Crippen LogP contribution in [-0.2, 0) is 4.79 Å². The molecule has 4 N–H and O–H groups in total. The highest BCUT2D eigenvalue weighted by molar-refractivity contribution is 5.97. The first-order valence-electron chi connectivity index (χ1n) is 5.46. The first-order valence-corrected chi connectivity index (χ1v) is 5.46. The van der Waals surface area contributed by atoms with Crippen LogP contribution in [0, 0.1) is 0 Å². The molecule has 2 amide bonds. The fourth-order valence-electron chi connectivity index (χ4n) is 1.21. The third-order valence-electron chi connectivity index (χ3n) is 2.20. The lowest BCUT2D eigenvalue weighted by atomic mass is 10.2. The molecule has 0 aromatic carbocycles. The van der Waals surface area contributed by atoms with Crippen molar-refractivity contribution in [3.05, 3.63) is 24.2 Å². The van der Waals surface area contributed by atoms with Gasteiger partial charge < -0.3 is 20.8 Å². The molecule has 0 spiro atoms. The Bertz CT molecular complexity index is 368. The number of carbonyl (C=O) groups is 2. The zero-order chi connectivity index (χ0) is 12.7. The van der Waals surface area contributed by atoms with Crippen molar-refractivity contribution in [2.24, 2.45) is 5.73 Å². The summed E-state index contributed by atoms with van der Waals surface area (Å²) < 4.78 is 4.78. The van der Waals surface area contributed by atoms with Crippen LogP contribution in [0.5, 0.6) is 0 Å². The van der Waals surface area contributed by atoms with Gasteiger partial charge >= 0.3 is 0 Å². The standard InChI is InChI=1S/C11H17N3O3.ClH/c1-8(10(15)13-5-2-4-12)14-11(16)9-3-6-17-7-9;/h3,6-8H,2,4-5,12H2,1H3,(H,13,15)(H,14,16);1H. The van der Waals surface area contributed by atoms with Gasteiger partial charge in [0.15, 0.2) is 0 Å². The molecule has 18 heavy (non-hydrogen) atoms. The Hall–Kier alpha value is -1.53. The van der Waals surface area contributed by atoms with Crippen molar-refractivity contribution in [3.63, 3.8) is 0 Å². The molecule has 1 rings (SSSR count). The molecule has 102 valence electrons. The predicted molar refractivity (Wildman–Crippen MR) is 69.6 cm³/mol. The summed E-state index contributed by atoms with van der Waals surface area (Å²) in [5, 5.41) is 5.24. The van der Waals surface area contributed by atoms with Gasteiger partial charge in [0.25, 0.3) is 5.91 Å². The molecule has 0 saturated carbocycles. The molecule has 0 radical (unpaired) electrons. The molecule has 6 nitrogen and oxygen atoms in total. The van der Waals surface area contributed by atoms with Gasteiger partial charge in [0.1, 0.15) is 12.3 Å². The number of rotatable bonds is 6. The smallest absolute Gasteiger partial charge is 0.255 e. The zero-order valence-corrected chi connectivity index (χ0v) is 11.0. The largest absolute Gasteiger partial charge is 0.472 e. The third-order valence-corrected chi connectivity index (χ3v) is 2.20. The monoisotopic (exact) mass is 275 g/mol. The maximum absolute atomic E-state index is 11.6. The van der Waals surface area contributed by atoms with Crippen LogP contribution < -0.4 is 16.4 Å². The normalized spacial score (nSPS) is 11.2. The summed E-state index contributed by atoms with van der Waals surface area (Å²) in [5.74, 6) is -0.560. The van der Waals surface area contributed by atoms with E-state index in [9.17, 15) is 9.59 Å². The van der Waals surface area contributed by atoms with Crippen molar-refractivity contribution < 1.29 is 14.0 Å². The van der Waals surface area contributed by atoms with Crippen molar-refractivity contribution >= 4 is 24.2 Å². The predicted octanol–water partition coefficient (Wildman–Crippen LogP) is 0.285. The van der Waals surface area contributed by atoms with E-state index in [-0.39, 0.29) is 24.2 Å². The van der Waals surface area contributed by atoms with Gasteiger partial charge in [-0.05, 0) is 26.0 Å². The molecule has 0 aliphatic heterocycles. The molecule has 7 heteroatoms. The number of hydrogen-bond donors (Lipinski definition) is 3. The first kappa shape index (κ1) is 16.5. The van der Waals surface area contributed by atoms with Crippen LogP contribution in [0.25, 0.3) is 0 Å². The Morgan fingerprint density at radius 2 is 2.22 bits per heavy atom. The molecule has 0 saturated heterocycles. The minimum atomic E-state index is -0.588. The van der Waals surface area contributed by atoms with Crippen molar-refractivity contribution in [2.75, 3.05) is 13.1 Å². The molecule has 0 aliphatic rings. The van der Waals surface area contributed by atoms with Gasteiger partial charge in [0, 0.05) is 6.54 Å². The molecular weight excluding hydrogens is 258 g/mol. The van der Waals surface area contributed by atoms with E-state index in [1.165, 1.54) is 18.6 Å². The van der Waals surface area contributed by atoms with Crippen LogP contribution >= 0.6 is 12.4 Å². The molecule has 0 fully saturated rings. The third kappa shape index (κ3) is 5.20. The minimum Gasteiger partial charge on any atom is -0.472 e. The van der Waals surface area contributed by atoms with E-state index in [2.05, 4.69) is 10.6 Å². The first-order chi connectivity index (χ1) is 8.15. The Balaban J connectivity index is 0.00000289. The van der Waals surface area contributed by atoms with E-state index in [1.54, 1.807) is 6.92 Å². The fourth-order valence-corrected chi connectivity index (χ4v) is 1.21. The molecule has 1 heterocycles. The molecule has 0 bridgehead atoms. The Morgan fingerprint density at radius 3 is 2.78 bits per heavy atom. The van der Waals surface area contributed by atoms with Gasteiger partial charge in [0.2, 0.25) is 5.91 Å². The van der Waals surface area contributed by atoms with E-state index in [4.69, 9.17) is 10.2 Å². The Kier molecular flexibility index (Phi) is 7.82. The maximum Gasteiger partial charge on any atom is 0.255 e. The van der Waals surface area contributed by atoms with E-state index < -0.39 is 6.04 Å². The zero-order valence-electron chi connectivity index (χ0n) is 10.1. The number of carbonyl (C=O) groups excluding carboxylic acids is 2. The molecule has 1 aromatic heterocycles. The van der Waals surface area contributed by atoms with Crippen molar-refractivity contribution in [3.8, 4) is 0 Å². The molecule has 1 atom stereocenters. The van der Waals surface area contributed by atoms with Gasteiger partial charge in [-0.15, -0.1) is 12.4 Å². The minimum absolute atomic E-state index is 0. The summed E-state index contributed by atoms with van der Waals surface area (Å²) in [4.78, 5) is 23.1. The molecule has 0 aliphatic carbocycles. The van der Waals surface area contributed by atoms with E-state index in [0.29, 0.717) is 25.1 Å². The average molecular weight is 276 g/mol. The highest BCUT2D eigenvalue weighted by Crippen LogP contribution is 1.99. The number of nitrogens with two attached hydrogens (primary N) is 1. The lowest BCUT2D eigenvalue weighted by Crippen LogP contribution is -2.45. The second-order valence-corrected chi connectivity index (χ2v) is 3.64. The SMILES string of the molecule is CC(NC(=O)c1ccoc1)C(=O)NCCCN.Cl. The fraction of sp³-hybridized carbons (Fsp3) is 0.455. The Labute approximate surface area is 112 Å². The molecular formula is C11H18ClN3O3. The maximum atomic E-state index is 11.6. The summed E-state index contributed by atoms with van der Waals surface area (Å²) in [7, 11) is 0. The van der Waals surface area contributed by atoms with E-state index >= 15 is 0 Å². The average Bonchev–Trinajstić information content (AvgIpc) is 2.82. The topological polar surface area (TPSA) is 97.4 Å². The molecule has 1 unspecified atom stereocenters. The summed E-state index contributed by atoms with van der Waals surface area (Å²) >= 11 is 0. The number of furan rings is 1. The molecule has 1 aromatic rings. The number of amides is 2. The van der Waals surface area contributed by atoms with Crippen LogP contribution in [-0.4, -0.2) is 30.9 Å². The van der Waals surface area contributed by atoms with Crippen LogP contribution in [0.4, 0.5) is 0 Å². The summed E-state index contributed by atoms with van der Waals surface area (Å²) in [6.07, 6.45) is 3.45. The quantitative estimate of drug-likeness (QED) is 0.650. The van der Waals surface area contributed by atoms with Crippen LogP contribution in [0.15, 0.2) is 23.0 Å². The van der Waals surface area contributed by atoms with Crippen LogP contribution in [0.2, 0.25) is 0 Å². The van der Waals surface area contributed by atoms with Crippen LogP contribution in [0.3, 0.4) is 0 Å². The Morgan fingerprint density at radius 1 is 1.50 bits per heavy atom. The van der Waals surface area contributed by atoms with Gasteiger partial charge in [-0.3, -0.25) is 9.59 Å². The van der Waals surface area contributed by atoms with Crippen molar-refractivity contribution in [1.29, 1.82) is 0 Å². The van der Waals surface area contributed by atoms with Gasteiger partial charge in [-0.2, -0.15) is 0 Å². The van der Waals surface area contributed by atoms with Crippen LogP contribution in [0.1, 0.15) is 23.7 Å². The highest BCUT2D eigenvalue weighted by Gasteiger charge is 2.16. The van der Waals surface area contributed by atoms with E-state index in [0.717, 1.165) is 0 Å². The van der Waals surface area contributed by atoms with Gasteiger partial charge in [-0.1, -0.05) is 0 Å². The number of nitrogens with one attached hydrogen (secondary N) is 2. The van der Waals surface area contributed by atoms with Crippen molar-refractivity contribution in [1.82, 2.24) is 10.6 Å². The summed E-state index contributed by atoms with van der Waals surface area (Å²) in [6.45, 7) is 2.66. The summed E-state index contributed by atoms with van der Waals surface area (Å²) in [5.41, 5.74) is 5.70. The van der Waals surface area contributed by atoms with Gasteiger partial charge in [-0.25, -0.2) is 0 Å².